The number of rotatable bonds is 7. The smallest absolute Gasteiger partial charge is 0.0431 e. The fourth-order valence-corrected chi connectivity index (χ4v) is 1.91. The van der Waals surface area contributed by atoms with Crippen LogP contribution in [0.3, 0.4) is 0 Å². The normalized spacial score (nSPS) is 12.7. The third-order valence-electron chi connectivity index (χ3n) is 2.94. The van der Waals surface area contributed by atoms with Gasteiger partial charge < -0.3 is 10.4 Å². The van der Waals surface area contributed by atoms with Crippen LogP contribution in [0.2, 0.25) is 0 Å². The molecule has 2 heteroatoms. The van der Waals surface area contributed by atoms with E-state index in [9.17, 15) is 0 Å². The Hall–Kier alpha value is -0.860. The zero-order valence-electron chi connectivity index (χ0n) is 10.4. The molecular formula is C14H23NO. The van der Waals surface area contributed by atoms with E-state index in [0.29, 0.717) is 12.6 Å². The Bertz CT molecular complexity index is 299. The minimum absolute atomic E-state index is 0.313. The first kappa shape index (κ1) is 13.2. The van der Waals surface area contributed by atoms with E-state index >= 15 is 0 Å². The van der Waals surface area contributed by atoms with E-state index in [4.69, 9.17) is 5.11 Å². The number of aliphatic hydroxyl groups is 1. The van der Waals surface area contributed by atoms with Crippen molar-refractivity contribution in [2.75, 3.05) is 13.2 Å². The van der Waals surface area contributed by atoms with Crippen molar-refractivity contribution < 1.29 is 5.11 Å². The zero-order chi connectivity index (χ0) is 11.8. The van der Waals surface area contributed by atoms with E-state index in [-0.39, 0.29) is 0 Å². The zero-order valence-corrected chi connectivity index (χ0v) is 10.4. The highest BCUT2D eigenvalue weighted by molar-refractivity contribution is 5.28. The van der Waals surface area contributed by atoms with Gasteiger partial charge in [0.15, 0.2) is 0 Å². The average molecular weight is 221 g/mol. The molecule has 0 aromatic heterocycles. The predicted molar refractivity (Wildman–Crippen MR) is 68.5 cm³/mol. The fraction of sp³-hybridized carbons (Fsp3) is 0.571. The lowest BCUT2D eigenvalue weighted by atomic mass is 10.0. The quantitative estimate of drug-likeness (QED) is 0.694. The minimum Gasteiger partial charge on any atom is -0.396 e. The summed E-state index contributed by atoms with van der Waals surface area (Å²) in [5, 5.41) is 12.2. The van der Waals surface area contributed by atoms with Crippen LogP contribution in [0.25, 0.3) is 0 Å². The van der Waals surface area contributed by atoms with Gasteiger partial charge in [0.1, 0.15) is 0 Å². The molecule has 0 unspecified atom stereocenters. The predicted octanol–water partition coefficient (Wildman–Crippen LogP) is 2.81. The van der Waals surface area contributed by atoms with Crippen molar-refractivity contribution in [3.63, 3.8) is 0 Å². The molecule has 0 bridgehead atoms. The van der Waals surface area contributed by atoms with Crippen molar-refractivity contribution in [2.24, 2.45) is 0 Å². The molecule has 0 amide bonds. The fourth-order valence-electron chi connectivity index (χ4n) is 1.91. The molecule has 0 radical (unpaired) electrons. The van der Waals surface area contributed by atoms with E-state index in [2.05, 4.69) is 43.4 Å². The molecule has 0 saturated heterocycles. The van der Waals surface area contributed by atoms with Gasteiger partial charge in [-0.1, -0.05) is 24.3 Å². The van der Waals surface area contributed by atoms with Gasteiger partial charge in [-0.05, 0) is 50.8 Å². The molecule has 0 saturated carbocycles. The molecule has 16 heavy (non-hydrogen) atoms. The summed E-state index contributed by atoms with van der Waals surface area (Å²) in [5.41, 5.74) is 2.72. The van der Waals surface area contributed by atoms with E-state index in [0.717, 1.165) is 25.8 Å². The lowest BCUT2D eigenvalue weighted by Crippen LogP contribution is -2.20. The van der Waals surface area contributed by atoms with Gasteiger partial charge in [-0.25, -0.2) is 0 Å². The van der Waals surface area contributed by atoms with E-state index in [1.54, 1.807) is 0 Å². The first-order valence-corrected chi connectivity index (χ1v) is 6.15. The van der Waals surface area contributed by atoms with Crippen LogP contribution in [0.15, 0.2) is 24.3 Å². The molecule has 0 aliphatic heterocycles. The van der Waals surface area contributed by atoms with Gasteiger partial charge in [0.25, 0.3) is 0 Å². The summed E-state index contributed by atoms with van der Waals surface area (Å²) in [7, 11) is 0. The highest BCUT2D eigenvalue weighted by atomic mass is 16.2. The Kier molecular flexibility index (Phi) is 6.12. The molecule has 1 atom stereocenters. The largest absolute Gasteiger partial charge is 0.396 e. The summed E-state index contributed by atoms with van der Waals surface area (Å²) in [4.78, 5) is 0. The van der Waals surface area contributed by atoms with Gasteiger partial charge in [-0.2, -0.15) is 0 Å². The van der Waals surface area contributed by atoms with Gasteiger partial charge in [0, 0.05) is 12.6 Å². The molecule has 1 aromatic rings. The standard InChI is InChI=1S/C14H23NO/c1-12-8-4-5-9-14(12)13(2)15-10-6-3-7-11-16/h4-5,8-9,13,15-16H,3,6-7,10-11H2,1-2H3/t13-/m1/s1. The van der Waals surface area contributed by atoms with E-state index in [1.807, 2.05) is 0 Å². The topological polar surface area (TPSA) is 32.3 Å². The molecule has 1 aromatic carbocycles. The highest BCUT2D eigenvalue weighted by Crippen LogP contribution is 2.16. The number of hydrogen-bond acceptors (Lipinski definition) is 2. The lowest BCUT2D eigenvalue weighted by molar-refractivity contribution is 0.282. The molecule has 0 fully saturated rings. The summed E-state index contributed by atoms with van der Waals surface area (Å²) >= 11 is 0. The first-order valence-electron chi connectivity index (χ1n) is 6.15. The van der Waals surface area contributed by atoms with Crippen molar-refractivity contribution >= 4 is 0 Å². The maximum Gasteiger partial charge on any atom is 0.0431 e. The summed E-state index contributed by atoms with van der Waals surface area (Å²) in [6, 6.07) is 8.91. The van der Waals surface area contributed by atoms with Crippen molar-refractivity contribution in [1.82, 2.24) is 5.32 Å². The maximum absolute atomic E-state index is 8.67. The highest BCUT2D eigenvalue weighted by Gasteiger charge is 2.05. The summed E-state index contributed by atoms with van der Waals surface area (Å²) in [5.74, 6) is 0. The monoisotopic (exact) mass is 221 g/mol. The van der Waals surface area contributed by atoms with Gasteiger partial charge in [0.2, 0.25) is 0 Å². The van der Waals surface area contributed by atoms with Crippen LogP contribution in [0.5, 0.6) is 0 Å². The van der Waals surface area contributed by atoms with Crippen LogP contribution in [0, 0.1) is 6.92 Å². The molecule has 90 valence electrons. The molecule has 2 nitrogen and oxygen atoms in total. The van der Waals surface area contributed by atoms with Gasteiger partial charge in [-0.15, -0.1) is 0 Å². The number of nitrogens with one attached hydrogen (secondary N) is 1. The SMILES string of the molecule is Cc1ccccc1[C@@H](C)NCCCCCO. The van der Waals surface area contributed by atoms with Gasteiger partial charge in [-0.3, -0.25) is 0 Å². The molecule has 2 N–H and O–H groups in total. The van der Waals surface area contributed by atoms with Crippen molar-refractivity contribution in [1.29, 1.82) is 0 Å². The number of aliphatic hydroxyl groups excluding tert-OH is 1. The van der Waals surface area contributed by atoms with Crippen molar-refractivity contribution in [3.8, 4) is 0 Å². The summed E-state index contributed by atoms with van der Waals surface area (Å²) in [6.45, 7) is 5.69. The average Bonchev–Trinajstić information content (AvgIpc) is 2.29. The van der Waals surface area contributed by atoms with Crippen LogP contribution >= 0.6 is 0 Å². The molecule has 0 spiro atoms. The van der Waals surface area contributed by atoms with E-state index in [1.165, 1.54) is 11.1 Å². The minimum atomic E-state index is 0.313. The Morgan fingerprint density at radius 2 is 1.94 bits per heavy atom. The third kappa shape index (κ3) is 4.33. The van der Waals surface area contributed by atoms with Gasteiger partial charge in [0.05, 0.1) is 0 Å². The molecule has 0 aliphatic rings. The lowest BCUT2D eigenvalue weighted by Gasteiger charge is -2.16. The Morgan fingerprint density at radius 1 is 1.19 bits per heavy atom. The molecular weight excluding hydrogens is 198 g/mol. The Balaban J connectivity index is 2.30. The first-order chi connectivity index (χ1) is 7.75. The second-order valence-corrected chi connectivity index (χ2v) is 4.32. The Morgan fingerprint density at radius 3 is 2.62 bits per heavy atom. The van der Waals surface area contributed by atoms with Crippen LogP contribution in [-0.2, 0) is 0 Å². The third-order valence-corrected chi connectivity index (χ3v) is 2.94. The van der Waals surface area contributed by atoms with Gasteiger partial charge >= 0.3 is 0 Å². The summed E-state index contributed by atoms with van der Waals surface area (Å²) < 4.78 is 0. The second-order valence-electron chi connectivity index (χ2n) is 4.32. The van der Waals surface area contributed by atoms with Crippen molar-refractivity contribution in [2.45, 2.75) is 39.2 Å². The van der Waals surface area contributed by atoms with Crippen LogP contribution in [0.4, 0.5) is 0 Å². The van der Waals surface area contributed by atoms with Crippen LogP contribution in [0.1, 0.15) is 43.4 Å². The van der Waals surface area contributed by atoms with E-state index < -0.39 is 0 Å². The van der Waals surface area contributed by atoms with Crippen molar-refractivity contribution in [3.05, 3.63) is 35.4 Å². The number of benzene rings is 1. The van der Waals surface area contributed by atoms with Crippen LogP contribution < -0.4 is 5.32 Å². The number of unbranched alkanes of at least 4 members (excludes halogenated alkanes) is 2. The number of hydrogen-bond donors (Lipinski definition) is 2. The second kappa shape index (κ2) is 7.42. The number of aryl methyl sites for hydroxylation is 1. The molecule has 0 heterocycles. The molecule has 1 rings (SSSR count). The van der Waals surface area contributed by atoms with Crippen LogP contribution in [-0.4, -0.2) is 18.3 Å². The maximum atomic E-state index is 8.67. The summed E-state index contributed by atoms with van der Waals surface area (Å²) in [6.07, 6.45) is 3.15. The Labute approximate surface area is 98.7 Å². The molecule has 0 aliphatic carbocycles.